The molecule has 32 heavy (non-hydrogen) atoms. The molecule has 1 heterocycles. The molecule has 0 fully saturated rings. The fraction of sp³-hybridized carbons (Fsp3) is 0.259. The van der Waals surface area contributed by atoms with Crippen LogP contribution >= 0.6 is 0 Å². The normalized spacial score (nSPS) is 10.9. The number of aromatic nitrogens is 2. The van der Waals surface area contributed by atoms with Gasteiger partial charge in [0.25, 0.3) is 5.91 Å². The van der Waals surface area contributed by atoms with Crippen LogP contribution in [0.5, 0.6) is 5.75 Å². The van der Waals surface area contributed by atoms with Gasteiger partial charge in [-0.05, 0) is 49.1 Å². The number of nitrogens with zero attached hydrogens (tertiary/aromatic N) is 2. The number of nitrogens with one attached hydrogen (secondary N) is 1. The predicted octanol–water partition coefficient (Wildman–Crippen LogP) is 5.04. The third-order valence-electron chi connectivity index (χ3n) is 5.64. The zero-order valence-electron chi connectivity index (χ0n) is 18.5. The molecule has 0 aliphatic heterocycles. The Morgan fingerprint density at radius 1 is 0.906 bits per heavy atom. The minimum atomic E-state index is -0.112. The molecule has 0 aliphatic carbocycles. The number of carbonyl (C=O) groups is 1. The van der Waals surface area contributed by atoms with Gasteiger partial charge in [-0.1, -0.05) is 54.6 Å². The highest BCUT2D eigenvalue weighted by Crippen LogP contribution is 2.19. The van der Waals surface area contributed by atoms with Gasteiger partial charge in [0.05, 0.1) is 23.7 Å². The van der Waals surface area contributed by atoms with Crippen molar-refractivity contribution in [2.45, 2.75) is 32.2 Å². The summed E-state index contributed by atoms with van der Waals surface area (Å²) in [6.45, 7) is 1.52. The largest absolute Gasteiger partial charge is 0.496 e. The summed E-state index contributed by atoms with van der Waals surface area (Å²) in [5.74, 6) is 1.55. The van der Waals surface area contributed by atoms with Gasteiger partial charge in [0, 0.05) is 19.5 Å². The highest BCUT2D eigenvalue weighted by molar-refractivity contribution is 5.96. The molecule has 1 N–H and O–H groups in total. The van der Waals surface area contributed by atoms with Crippen molar-refractivity contribution in [2.75, 3.05) is 13.7 Å². The molecule has 0 saturated carbocycles. The topological polar surface area (TPSA) is 56.1 Å². The van der Waals surface area contributed by atoms with Crippen LogP contribution in [-0.2, 0) is 19.4 Å². The lowest BCUT2D eigenvalue weighted by molar-refractivity contribution is 0.0950. The van der Waals surface area contributed by atoms with Gasteiger partial charge in [-0.2, -0.15) is 0 Å². The molecule has 0 aliphatic rings. The van der Waals surface area contributed by atoms with E-state index < -0.39 is 0 Å². The summed E-state index contributed by atoms with van der Waals surface area (Å²) in [4.78, 5) is 17.4. The van der Waals surface area contributed by atoms with Crippen LogP contribution in [0.4, 0.5) is 0 Å². The molecule has 1 aromatic heterocycles. The van der Waals surface area contributed by atoms with Crippen LogP contribution in [-0.4, -0.2) is 29.1 Å². The fourth-order valence-corrected chi connectivity index (χ4v) is 4.03. The summed E-state index contributed by atoms with van der Waals surface area (Å²) in [5.41, 5.74) is 4.12. The molecule has 0 saturated heterocycles. The Morgan fingerprint density at radius 2 is 1.66 bits per heavy atom. The number of ether oxygens (including phenoxy) is 1. The van der Waals surface area contributed by atoms with Crippen LogP contribution < -0.4 is 10.1 Å². The number of hydrogen-bond acceptors (Lipinski definition) is 3. The number of imidazole rings is 1. The minimum Gasteiger partial charge on any atom is -0.496 e. The monoisotopic (exact) mass is 427 g/mol. The second-order valence-corrected chi connectivity index (χ2v) is 7.82. The summed E-state index contributed by atoms with van der Waals surface area (Å²) >= 11 is 0. The number of benzene rings is 3. The summed E-state index contributed by atoms with van der Waals surface area (Å²) < 4.78 is 7.62. The summed E-state index contributed by atoms with van der Waals surface area (Å²) in [6.07, 6.45) is 3.73. The number of rotatable bonds is 10. The van der Waals surface area contributed by atoms with E-state index in [-0.39, 0.29) is 5.91 Å². The predicted molar refractivity (Wildman–Crippen MR) is 128 cm³/mol. The van der Waals surface area contributed by atoms with E-state index in [4.69, 9.17) is 9.72 Å². The van der Waals surface area contributed by atoms with Gasteiger partial charge in [-0.15, -0.1) is 0 Å². The molecule has 5 heteroatoms. The van der Waals surface area contributed by atoms with E-state index in [2.05, 4.69) is 58.4 Å². The van der Waals surface area contributed by atoms with Crippen LogP contribution in [0, 0.1) is 0 Å². The van der Waals surface area contributed by atoms with Gasteiger partial charge in [0.15, 0.2) is 0 Å². The van der Waals surface area contributed by atoms with E-state index in [9.17, 15) is 4.79 Å². The van der Waals surface area contributed by atoms with Crippen molar-refractivity contribution >= 4 is 16.9 Å². The standard InChI is InChI=1S/C27H29N3O2/c1-32-25-17-8-5-14-22(25)27(31)28-19-9-18-26-29-23-15-6-7-16-24(23)30(26)20-10-13-21-11-3-2-4-12-21/h2-8,11-12,14-17H,9-10,13,18-20H2,1H3,(H,28,31). The first-order valence-electron chi connectivity index (χ1n) is 11.2. The molecule has 0 radical (unpaired) electrons. The van der Waals surface area contributed by atoms with E-state index >= 15 is 0 Å². The lowest BCUT2D eigenvalue weighted by atomic mass is 10.1. The lowest BCUT2D eigenvalue weighted by Crippen LogP contribution is -2.25. The zero-order chi connectivity index (χ0) is 22.2. The third-order valence-corrected chi connectivity index (χ3v) is 5.64. The quantitative estimate of drug-likeness (QED) is 0.361. The minimum absolute atomic E-state index is 0.112. The molecule has 5 nitrogen and oxygen atoms in total. The first-order valence-corrected chi connectivity index (χ1v) is 11.2. The summed E-state index contributed by atoms with van der Waals surface area (Å²) in [7, 11) is 1.58. The smallest absolute Gasteiger partial charge is 0.255 e. The maximum Gasteiger partial charge on any atom is 0.255 e. The van der Waals surface area contributed by atoms with Gasteiger partial charge in [0.1, 0.15) is 11.6 Å². The Labute approximate surface area is 189 Å². The average Bonchev–Trinajstić information content (AvgIpc) is 3.19. The van der Waals surface area contributed by atoms with Crippen LogP contribution in [0.3, 0.4) is 0 Å². The molecule has 164 valence electrons. The lowest BCUT2D eigenvalue weighted by Gasteiger charge is -2.11. The zero-order valence-corrected chi connectivity index (χ0v) is 18.5. The van der Waals surface area contributed by atoms with Gasteiger partial charge in [-0.3, -0.25) is 4.79 Å². The van der Waals surface area contributed by atoms with Gasteiger partial charge >= 0.3 is 0 Å². The van der Waals surface area contributed by atoms with Crippen molar-refractivity contribution in [2.24, 2.45) is 0 Å². The molecule has 4 rings (SSSR count). The SMILES string of the molecule is COc1ccccc1C(=O)NCCCc1nc2ccccc2n1CCCc1ccccc1. The fourth-order valence-electron chi connectivity index (χ4n) is 4.03. The molecular weight excluding hydrogens is 398 g/mol. The Hall–Kier alpha value is -3.60. The Bertz CT molecular complexity index is 1170. The van der Waals surface area contributed by atoms with Gasteiger partial charge in [0.2, 0.25) is 0 Å². The summed E-state index contributed by atoms with van der Waals surface area (Å²) in [5, 5.41) is 3.01. The van der Waals surface area contributed by atoms with Crippen molar-refractivity contribution in [3.8, 4) is 5.75 Å². The van der Waals surface area contributed by atoms with Crippen molar-refractivity contribution in [1.82, 2.24) is 14.9 Å². The van der Waals surface area contributed by atoms with Crippen LogP contribution in [0.15, 0.2) is 78.9 Å². The number of hydrogen-bond donors (Lipinski definition) is 1. The molecule has 3 aromatic carbocycles. The summed E-state index contributed by atoms with van der Waals surface area (Å²) in [6, 6.07) is 26.2. The van der Waals surface area contributed by atoms with E-state index in [0.29, 0.717) is 17.9 Å². The maximum atomic E-state index is 12.5. The van der Waals surface area contributed by atoms with Crippen LogP contribution in [0.1, 0.15) is 34.6 Å². The molecule has 0 bridgehead atoms. The second-order valence-electron chi connectivity index (χ2n) is 7.82. The van der Waals surface area contributed by atoms with Crippen LogP contribution in [0.25, 0.3) is 11.0 Å². The Morgan fingerprint density at radius 3 is 2.50 bits per heavy atom. The second kappa shape index (κ2) is 10.6. The van der Waals surface area contributed by atoms with Crippen molar-refractivity contribution in [3.05, 3.63) is 95.8 Å². The number of para-hydroxylation sites is 3. The van der Waals surface area contributed by atoms with E-state index in [1.165, 1.54) is 11.1 Å². The number of carbonyl (C=O) groups excluding carboxylic acids is 1. The highest BCUT2D eigenvalue weighted by Gasteiger charge is 2.12. The third kappa shape index (κ3) is 5.17. The van der Waals surface area contributed by atoms with Crippen molar-refractivity contribution in [1.29, 1.82) is 0 Å². The molecule has 0 atom stereocenters. The van der Waals surface area contributed by atoms with E-state index in [0.717, 1.165) is 43.6 Å². The van der Waals surface area contributed by atoms with Crippen molar-refractivity contribution < 1.29 is 9.53 Å². The average molecular weight is 428 g/mol. The number of aryl methyl sites for hydroxylation is 3. The molecular formula is C27H29N3O2. The highest BCUT2D eigenvalue weighted by atomic mass is 16.5. The van der Waals surface area contributed by atoms with Gasteiger partial charge < -0.3 is 14.6 Å². The van der Waals surface area contributed by atoms with E-state index in [1.54, 1.807) is 19.2 Å². The number of methoxy groups -OCH3 is 1. The van der Waals surface area contributed by atoms with Crippen LogP contribution in [0.2, 0.25) is 0 Å². The van der Waals surface area contributed by atoms with Gasteiger partial charge in [-0.25, -0.2) is 4.98 Å². The van der Waals surface area contributed by atoms with E-state index in [1.807, 2.05) is 18.2 Å². The Kier molecular flexibility index (Phi) is 7.18. The maximum absolute atomic E-state index is 12.5. The number of fused-ring (bicyclic) bond motifs is 1. The molecule has 4 aromatic rings. The first kappa shape index (κ1) is 21.6. The molecule has 0 unspecified atom stereocenters. The Balaban J connectivity index is 1.37. The first-order chi connectivity index (χ1) is 15.8. The molecule has 1 amide bonds. The number of amides is 1. The molecule has 0 spiro atoms. The van der Waals surface area contributed by atoms with Crippen molar-refractivity contribution in [3.63, 3.8) is 0 Å².